The molecule has 0 saturated heterocycles. The molecule has 0 bridgehead atoms. The second kappa shape index (κ2) is 7.84. The van der Waals surface area contributed by atoms with Gasteiger partial charge in [0.05, 0.1) is 24.0 Å². The number of benzene rings is 2. The number of para-hydroxylation sites is 1. The zero-order chi connectivity index (χ0) is 18.5. The van der Waals surface area contributed by atoms with Crippen molar-refractivity contribution in [2.75, 3.05) is 13.7 Å². The van der Waals surface area contributed by atoms with Crippen LogP contribution in [-0.4, -0.2) is 35.2 Å². The van der Waals surface area contributed by atoms with Gasteiger partial charge in [-0.15, -0.1) is 0 Å². The molecule has 0 saturated carbocycles. The van der Waals surface area contributed by atoms with E-state index in [1.54, 1.807) is 30.5 Å². The minimum Gasteiger partial charge on any atom is -0.493 e. The van der Waals surface area contributed by atoms with Gasteiger partial charge >= 0.3 is 5.97 Å². The Bertz CT molecular complexity index is 938. The van der Waals surface area contributed by atoms with Gasteiger partial charge in [0.1, 0.15) is 0 Å². The van der Waals surface area contributed by atoms with Crippen molar-refractivity contribution in [3.05, 3.63) is 77.1 Å². The smallest absolute Gasteiger partial charge is 0.363 e. The molecule has 0 radical (unpaired) electrons. The number of carbonyl (C=O) groups excluding carboxylic acids is 2. The number of methoxy groups -OCH3 is 1. The van der Waals surface area contributed by atoms with Crippen molar-refractivity contribution in [2.24, 2.45) is 0 Å². The van der Waals surface area contributed by atoms with Crippen LogP contribution < -0.4 is 4.74 Å². The average molecular weight is 371 g/mol. The fourth-order valence-corrected chi connectivity index (χ4v) is 2.57. The Morgan fingerprint density at radius 3 is 2.46 bits per heavy atom. The lowest BCUT2D eigenvalue weighted by atomic mass is 10.1. The number of Topliss-reactive ketones (excluding diaryl/α,β-unsaturated/α-hetero) is 1. The molecule has 1 aromatic heterocycles. The molecule has 0 spiro atoms. The Kier molecular flexibility index (Phi) is 5.34. The highest BCUT2D eigenvalue weighted by Crippen LogP contribution is 2.21. The molecule has 0 amide bonds. The molecule has 132 valence electrons. The van der Waals surface area contributed by atoms with Gasteiger partial charge in [0.15, 0.2) is 12.4 Å². The molecule has 6 nitrogen and oxygen atoms in total. The summed E-state index contributed by atoms with van der Waals surface area (Å²) in [5.74, 6) is -0.897. The summed E-state index contributed by atoms with van der Waals surface area (Å²) in [6, 6.07) is 15.8. The number of carbonyl (C=O) groups is 2. The summed E-state index contributed by atoms with van der Waals surface area (Å²) < 4.78 is 11.8. The number of esters is 1. The number of hydrogen-bond donors (Lipinski definition) is 0. The van der Waals surface area contributed by atoms with Crippen molar-refractivity contribution in [1.82, 2.24) is 9.78 Å². The van der Waals surface area contributed by atoms with Crippen LogP contribution in [-0.2, 0) is 4.74 Å². The van der Waals surface area contributed by atoms with Crippen molar-refractivity contribution in [3.63, 3.8) is 0 Å². The van der Waals surface area contributed by atoms with Crippen LogP contribution in [0.5, 0.6) is 5.75 Å². The lowest BCUT2D eigenvalue weighted by Crippen LogP contribution is -2.15. The Hall–Kier alpha value is -3.12. The minimum atomic E-state index is -0.753. The third kappa shape index (κ3) is 3.75. The molecule has 26 heavy (non-hydrogen) atoms. The third-order valence-electron chi connectivity index (χ3n) is 3.62. The number of rotatable bonds is 6. The van der Waals surface area contributed by atoms with Crippen LogP contribution >= 0.6 is 11.6 Å². The van der Waals surface area contributed by atoms with Crippen LogP contribution in [0.1, 0.15) is 20.8 Å². The van der Waals surface area contributed by atoms with Crippen LogP contribution in [0.15, 0.2) is 60.8 Å². The third-order valence-corrected chi connectivity index (χ3v) is 3.95. The molecular weight excluding hydrogens is 356 g/mol. The highest BCUT2D eigenvalue weighted by Gasteiger charge is 2.21. The number of aromatic nitrogens is 2. The molecule has 1 heterocycles. The van der Waals surface area contributed by atoms with Crippen molar-refractivity contribution >= 4 is 23.4 Å². The average Bonchev–Trinajstić information content (AvgIpc) is 3.11. The molecule has 3 rings (SSSR count). The van der Waals surface area contributed by atoms with E-state index in [0.717, 1.165) is 5.69 Å². The summed E-state index contributed by atoms with van der Waals surface area (Å²) in [6.45, 7) is -0.441. The van der Waals surface area contributed by atoms with Crippen LogP contribution in [0.25, 0.3) is 5.69 Å². The maximum atomic E-state index is 12.3. The molecular formula is C19H15ClN2O4. The van der Waals surface area contributed by atoms with E-state index in [9.17, 15) is 9.59 Å². The molecule has 7 heteroatoms. The largest absolute Gasteiger partial charge is 0.493 e. The molecule has 0 aliphatic carbocycles. The van der Waals surface area contributed by atoms with E-state index in [1.165, 1.54) is 11.8 Å². The zero-order valence-electron chi connectivity index (χ0n) is 13.9. The van der Waals surface area contributed by atoms with E-state index in [-0.39, 0.29) is 11.4 Å². The number of ketones is 1. The molecule has 0 aliphatic heterocycles. The molecule has 0 atom stereocenters. The topological polar surface area (TPSA) is 70.4 Å². The summed E-state index contributed by atoms with van der Waals surface area (Å²) >= 11 is 5.97. The number of halogens is 1. The fourth-order valence-electron chi connectivity index (χ4n) is 2.33. The molecule has 0 N–H and O–H groups in total. The first-order valence-electron chi connectivity index (χ1n) is 7.74. The molecule has 0 unspecified atom stereocenters. The van der Waals surface area contributed by atoms with Gasteiger partial charge in [0, 0.05) is 5.56 Å². The highest BCUT2D eigenvalue weighted by atomic mass is 35.5. The number of ether oxygens (including phenoxy) is 2. The SMILES string of the molecule is COc1cn(-c2ccccc2)nc1C(=O)OCC(=O)c1ccccc1Cl. The molecule has 0 fully saturated rings. The van der Waals surface area contributed by atoms with Gasteiger partial charge in [-0.3, -0.25) is 4.79 Å². The van der Waals surface area contributed by atoms with Crippen LogP contribution in [0.4, 0.5) is 0 Å². The lowest BCUT2D eigenvalue weighted by molar-refractivity contribution is 0.0465. The van der Waals surface area contributed by atoms with Crippen molar-refractivity contribution in [3.8, 4) is 11.4 Å². The monoisotopic (exact) mass is 370 g/mol. The van der Waals surface area contributed by atoms with E-state index >= 15 is 0 Å². The van der Waals surface area contributed by atoms with Crippen molar-refractivity contribution < 1.29 is 19.1 Å². The second-order valence-electron chi connectivity index (χ2n) is 5.31. The highest BCUT2D eigenvalue weighted by molar-refractivity contribution is 6.34. The number of nitrogens with zero attached hydrogens (tertiary/aromatic N) is 2. The van der Waals surface area contributed by atoms with Gasteiger partial charge in [-0.05, 0) is 24.3 Å². The van der Waals surface area contributed by atoms with Gasteiger partial charge in [0.25, 0.3) is 0 Å². The first-order chi connectivity index (χ1) is 12.6. The zero-order valence-corrected chi connectivity index (χ0v) is 14.6. The second-order valence-corrected chi connectivity index (χ2v) is 5.71. The van der Waals surface area contributed by atoms with Crippen molar-refractivity contribution in [1.29, 1.82) is 0 Å². The number of hydrogen-bond acceptors (Lipinski definition) is 5. The maximum absolute atomic E-state index is 12.3. The van der Waals surface area contributed by atoms with Gasteiger partial charge < -0.3 is 9.47 Å². The summed E-state index contributed by atoms with van der Waals surface area (Å²) in [6.07, 6.45) is 1.57. The summed E-state index contributed by atoms with van der Waals surface area (Å²) in [5, 5.41) is 4.50. The van der Waals surface area contributed by atoms with E-state index in [1.807, 2.05) is 30.3 Å². The molecule has 0 aliphatic rings. The normalized spacial score (nSPS) is 10.4. The fraction of sp³-hybridized carbons (Fsp3) is 0.105. The summed E-state index contributed by atoms with van der Waals surface area (Å²) in [5.41, 5.74) is 1.05. The Labute approximate surface area is 154 Å². The molecule has 2 aromatic carbocycles. The van der Waals surface area contributed by atoms with Gasteiger partial charge in [-0.1, -0.05) is 41.9 Å². The Balaban J connectivity index is 1.75. The molecule has 3 aromatic rings. The minimum absolute atomic E-state index is 0.0108. The standard InChI is InChI=1S/C19H15ClN2O4/c1-25-17-11-22(13-7-3-2-4-8-13)21-18(17)19(24)26-12-16(23)14-9-5-6-10-15(14)20/h2-11H,12H2,1H3. The predicted octanol–water partition coefficient (Wildman–Crippen LogP) is 3.57. The first kappa shape index (κ1) is 17.7. The van der Waals surface area contributed by atoms with Crippen LogP contribution in [0.3, 0.4) is 0 Å². The Morgan fingerprint density at radius 2 is 1.77 bits per heavy atom. The van der Waals surface area contributed by atoms with Gasteiger partial charge in [-0.25, -0.2) is 9.48 Å². The van der Waals surface area contributed by atoms with E-state index < -0.39 is 18.4 Å². The predicted molar refractivity (Wildman–Crippen MR) is 96.2 cm³/mol. The maximum Gasteiger partial charge on any atom is 0.363 e. The van der Waals surface area contributed by atoms with Gasteiger partial charge in [-0.2, -0.15) is 5.10 Å². The van der Waals surface area contributed by atoms with E-state index in [0.29, 0.717) is 10.6 Å². The summed E-state index contributed by atoms with van der Waals surface area (Å²) in [4.78, 5) is 24.5. The van der Waals surface area contributed by atoms with Gasteiger partial charge in [0.2, 0.25) is 11.5 Å². The van der Waals surface area contributed by atoms with Crippen LogP contribution in [0.2, 0.25) is 5.02 Å². The quantitative estimate of drug-likeness (QED) is 0.490. The van der Waals surface area contributed by atoms with Crippen LogP contribution in [0, 0.1) is 0 Å². The Morgan fingerprint density at radius 1 is 1.08 bits per heavy atom. The first-order valence-corrected chi connectivity index (χ1v) is 8.12. The van der Waals surface area contributed by atoms with Crippen molar-refractivity contribution in [2.45, 2.75) is 0 Å². The van der Waals surface area contributed by atoms with E-state index in [4.69, 9.17) is 21.1 Å². The summed E-state index contributed by atoms with van der Waals surface area (Å²) in [7, 11) is 1.43. The van der Waals surface area contributed by atoms with E-state index in [2.05, 4.69) is 5.10 Å². The lowest BCUT2D eigenvalue weighted by Gasteiger charge is -2.05.